The predicted molar refractivity (Wildman–Crippen MR) is 138 cm³/mol. The Morgan fingerprint density at radius 1 is 0.806 bits per heavy atom. The van der Waals surface area contributed by atoms with Crippen molar-refractivity contribution in [3.8, 4) is 17.4 Å². The summed E-state index contributed by atoms with van der Waals surface area (Å²) in [6.45, 7) is 0. The van der Waals surface area contributed by atoms with E-state index < -0.39 is 0 Å². The number of aromatic hydroxyl groups is 1. The number of phenolic OH excluding ortho intramolecular Hbond substituents is 1. The van der Waals surface area contributed by atoms with Gasteiger partial charge in [-0.3, -0.25) is 4.57 Å². The van der Waals surface area contributed by atoms with Gasteiger partial charge in [0, 0.05) is 49.9 Å². The largest absolute Gasteiger partial charge is 0.506 e. The number of rotatable bonds is 4. The van der Waals surface area contributed by atoms with Gasteiger partial charge >= 0.3 is 0 Å². The minimum absolute atomic E-state index is 0. The fraction of sp³-hybridized carbons (Fsp3) is 0. The van der Waals surface area contributed by atoms with E-state index in [9.17, 15) is 5.11 Å². The normalized spacial score (nSPS) is 17.7. The summed E-state index contributed by atoms with van der Waals surface area (Å²) in [5.41, 5.74) is 3.27. The molecule has 2 aromatic carbocycles. The van der Waals surface area contributed by atoms with Crippen molar-refractivity contribution >= 4 is 27.4 Å². The van der Waals surface area contributed by atoms with Crippen LogP contribution in [0.2, 0.25) is 0 Å². The molecule has 0 atom stereocenters. The van der Waals surface area contributed by atoms with Crippen molar-refractivity contribution in [2.45, 2.75) is 0 Å². The van der Waals surface area contributed by atoms with Crippen LogP contribution in [0.1, 0.15) is 5.69 Å². The molecular weight excluding hydrogens is 629 g/mol. The Hall–Kier alpha value is -4.21. The van der Waals surface area contributed by atoms with Gasteiger partial charge in [0.05, 0.1) is 11.0 Å². The van der Waals surface area contributed by atoms with E-state index in [1.165, 1.54) is 0 Å². The van der Waals surface area contributed by atoms with Crippen molar-refractivity contribution in [1.29, 1.82) is 0 Å². The van der Waals surface area contributed by atoms with Crippen molar-refractivity contribution in [2.75, 3.05) is 0 Å². The van der Waals surface area contributed by atoms with Gasteiger partial charge in [0.15, 0.2) is 0 Å². The standard InChI is InChI=1S/C30H20N3O2.Pt/c34-27-16-8-13-24-23-12-4-5-15-26(23)33(30(24)27)28-17-9-18-29(32-28)35-22-11-3-1-2-10-21(20-22)25-14-6-7-19-31-25;/h1-19,34H;/q-1;/b2-1?,3-1-,10-2-,11-3?,21-10?,22-11+;. The Bertz CT molecular complexity index is 1680. The molecule has 0 saturated heterocycles. The molecular formula is C30H20N3O2Pt-. The molecule has 178 valence electrons. The molecule has 0 unspecified atom stereocenters. The van der Waals surface area contributed by atoms with Crippen molar-refractivity contribution in [1.82, 2.24) is 14.5 Å². The average molecular weight is 650 g/mol. The minimum Gasteiger partial charge on any atom is -0.506 e. The third kappa shape index (κ3) is 4.41. The van der Waals surface area contributed by atoms with Crippen LogP contribution in [0.15, 0.2) is 121 Å². The summed E-state index contributed by atoms with van der Waals surface area (Å²) in [6, 6.07) is 24.9. The molecule has 0 fully saturated rings. The van der Waals surface area contributed by atoms with E-state index >= 15 is 0 Å². The molecule has 3 aromatic heterocycles. The zero-order chi connectivity index (χ0) is 23.6. The minimum atomic E-state index is 0. The van der Waals surface area contributed by atoms with E-state index in [-0.39, 0.29) is 26.8 Å². The number of fused-ring (bicyclic) bond motifs is 3. The number of hydrogen-bond donors (Lipinski definition) is 1. The van der Waals surface area contributed by atoms with Gasteiger partial charge in [0.25, 0.3) is 0 Å². The molecule has 0 bridgehead atoms. The molecule has 1 aliphatic carbocycles. The third-order valence-electron chi connectivity index (χ3n) is 5.76. The topological polar surface area (TPSA) is 60.2 Å². The fourth-order valence-corrected chi connectivity index (χ4v) is 4.24. The van der Waals surface area contributed by atoms with Crippen LogP contribution in [0.3, 0.4) is 0 Å². The number of pyridine rings is 2. The molecule has 36 heavy (non-hydrogen) atoms. The first-order chi connectivity index (χ1) is 17.3. The monoisotopic (exact) mass is 649 g/mol. The number of nitrogens with zero attached hydrogens (tertiary/aromatic N) is 3. The molecule has 0 spiro atoms. The van der Waals surface area contributed by atoms with Gasteiger partial charge in [-0.15, -0.1) is 23.8 Å². The van der Waals surface area contributed by atoms with Gasteiger partial charge in [-0.05, 0) is 30.0 Å². The molecule has 5 nitrogen and oxygen atoms in total. The van der Waals surface area contributed by atoms with Crippen LogP contribution in [0.25, 0.3) is 33.2 Å². The molecule has 6 rings (SSSR count). The molecule has 0 amide bonds. The van der Waals surface area contributed by atoms with Crippen molar-refractivity contribution in [3.63, 3.8) is 0 Å². The summed E-state index contributed by atoms with van der Waals surface area (Å²) in [4.78, 5) is 9.21. The Morgan fingerprint density at radius 2 is 1.64 bits per heavy atom. The van der Waals surface area contributed by atoms with E-state index in [1.54, 1.807) is 18.3 Å². The summed E-state index contributed by atoms with van der Waals surface area (Å²) in [5, 5.41) is 12.7. The zero-order valence-electron chi connectivity index (χ0n) is 19.0. The maximum absolute atomic E-state index is 10.7. The fourth-order valence-electron chi connectivity index (χ4n) is 4.24. The smallest absolute Gasteiger partial charge is 0.219 e. The number of para-hydroxylation sites is 2. The van der Waals surface area contributed by atoms with Crippen LogP contribution in [0.4, 0.5) is 0 Å². The zero-order valence-corrected chi connectivity index (χ0v) is 21.3. The van der Waals surface area contributed by atoms with Crippen LogP contribution in [-0.4, -0.2) is 19.6 Å². The van der Waals surface area contributed by atoms with E-state index in [0.717, 1.165) is 27.6 Å². The van der Waals surface area contributed by atoms with Gasteiger partial charge in [-0.1, -0.05) is 66.8 Å². The van der Waals surface area contributed by atoms with Crippen LogP contribution in [0.5, 0.6) is 11.6 Å². The van der Waals surface area contributed by atoms with Crippen molar-refractivity contribution < 1.29 is 30.9 Å². The van der Waals surface area contributed by atoms with Gasteiger partial charge in [-0.2, -0.15) is 4.98 Å². The first kappa shape index (κ1) is 23.5. The molecule has 6 heteroatoms. The van der Waals surface area contributed by atoms with E-state index in [0.29, 0.717) is 23.0 Å². The maximum atomic E-state index is 10.7. The Morgan fingerprint density at radius 3 is 2.53 bits per heavy atom. The number of phenols is 1. The molecule has 5 aromatic rings. The first-order valence-corrected chi connectivity index (χ1v) is 11.2. The third-order valence-corrected chi connectivity index (χ3v) is 5.76. The number of hydrogen-bond acceptors (Lipinski definition) is 4. The second kappa shape index (κ2) is 10.2. The average Bonchev–Trinajstić information content (AvgIpc) is 3.22. The van der Waals surface area contributed by atoms with Gasteiger partial charge in [0.2, 0.25) is 5.88 Å². The quantitative estimate of drug-likeness (QED) is 0.225. The van der Waals surface area contributed by atoms with Crippen LogP contribution in [0, 0.1) is 6.08 Å². The Balaban J connectivity index is 0.00000267. The molecule has 0 aliphatic heterocycles. The molecule has 1 N–H and O–H groups in total. The van der Waals surface area contributed by atoms with Crippen LogP contribution in [-0.2, 0) is 21.1 Å². The number of aromatic nitrogens is 3. The summed E-state index contributed by atoms with van der Waals surface area (Å²) >= 11 is 0. The van der Waals surface area contributed by atoms with E-state index in [1.807, 2.05) is 102 Å². The maximum Gasteiger partial charge on any atom is 0.219 e. The first-order valence-electron chi connectivity index (χ1n) is 11.2. The molecule has 3 heterocycles. The predicted octanol–water partition coefficient (Wildman–Crippen LogP) is 6.55. The van der Waals surface area contributed by atoms with E-state index in [4.69, 9.17) is 9.72 Å². The number of allylic oxidation sites excluding steroid dienone is 7. The van der Waals surface area contributed by atoms with Crippen LogP contribution < -0.4 is 4.74 Å². The number of ether oxygens (including phenoxy) is 1. The second-order valence-corrected chi connectivity index (χ2v) is 7.99. The van der Waals surface area contributed by atoms with Gasteiger partial charge in [-0.25, -0.2) is 0 Å². The van der Waals surface area contributed by atoms with Gasteiger partial charge < -0.3 is 14.8 Å². The van der Waals surface area contributed by atoms with Crippen molar-refractivity contribution in [2.24, 2.45) is 0 Å². The summed E-state index contributed by atoms with van der Waals surface area (Å²) in [7, 11) is 0. The second-order valence-electron chi connectivity index (χ2n) is 7.99. The summed E-state index contributed by atoms with van der Waals surface area (Å²) < 4.78 is 8.12. The molecule has 1 aliphatic rings. The summed E-state index contributed by atoms with van der Waals surface area (Å²) in [6.07, 6.45) is 14.6. The molecule has 0 radical (unpaired) electrons. The Kier molecular flexibility index (Phi) is 6.66. The van der Waals surface area contributed by atoms with Crippen molar-refractivity contribution in [3.05, 3.63) is 133 Å². The Labute approximate surface area is 222 Å². The summed E-state index contributed by atoms with van der Waals surface area (Å²) in [5.74, 6) is 1.77. The van der Waals surface area contributed by atoms with E-state index in [2.05, 4.69) is 11.1 Å². The van der Waals surface area contributed by atoms with Crippen LogP contribution >= 0.6 is 0 Å². The SMILES string of the molecule is Oc1cccc2c3ccccc3n(-c3cccc(OC4=C/C=C\C=C/C(c5ccccn5)=[C-]\4)n3)c12.[Pt]. The molecule has 0 saturated carbocycles. The number of benzene rings is 2. The van der Waals surface area contributed by atoms with Gasteiger partial charge in [0.1, 0.15) is 11.6 Å².